The molecule has 1 unspecified atom stereocenters. The van der Waals surface area contributed by atoms with Gasteiger partial charge >= 0.3 is 0 Å². The second-order valence-corrected chi connectivity index (χ2v) is 5.33. The summed E-state index contributed by atoms with van der Waals surface area (Å²) in [4.78, 5) is 10.3. The largest absolute Gasteiger partial charge is 0.313 e. The van der Waals surface area contributed by atoms with Crippen molar-refractivity contribution in [1.29, 1.82) is 0 Å². The molecule has 2 aromatic rings. The maximum absolute atomic E-state index is 10.7. The van der Waals surface area contributed by atoms with Gasteiger partial charge in [-0.2, -0.15) is 0 Å². The lowest BCUT2D eigenvalue weighted by atomic mass is 9.94. The third-order valence-electron chi connectivity index (χ3n) is 3.74. The first-order valence-corrected chi connectivity index (χ1v) is 6.99. The molecule has 1 atom stereocenters. The Bertz CT molecular complexity index is 636. The molecule has 0 saturated carbocycles. The highest BCUT2D eigenvalue weighted by molar-refractivity contribution is 5.36. The fourth-order valence-electron chi connectivity index (χ4n) is 2.57. The highest BCUT2D eigenvalue weighted by Crippen LogP contribution is 2.23. The molecule has 110 valence electrons. The van der Waals surface area contributed by atoms with Gasteiger partial charge in [0.1, 0.15) is 0 Å². The van der Waals surface area contributed by atoms with Crippen molar-refractivity contribution >= 4 is 5.69 Å². The molecule has 0 aromatic heterocycles. The van der Waals surface area contributed by atoms with E-state index in [0.29, 0.717) is 0 Å². The Labute approximate surface area is 125 Å². The lowest BCUT2D eigenvalue weighted by Crippen LogP contribution is -2.19. The molecule has 4 nitrogen and oxygen atoms in total. The molecule has 2 aromatic carbocycles. The van der Waals surface area contributed by atoms with Crippen molar-refractivity contribution in [3.8, 4) is 0 Å². The zero-order chi connectivity index (χ0) is 15.4. The van der Waals surface area contributed by atoms with E-state index in [1.165, 1.54) is 16.7 Å². The highest BCUT2D eigenvalue weighted by atomic mass is 16.6. The molecule has 0 fully saturated rings. The number of nitrogens with one attached hydrogen (secondary N) is 1. The van der Waals surface area contributed by atoms with Crippen LogP contribution in [0.15, 0.2) is 42.5 Å². The lowest BCUT2D eigenvalue weighted by molar-refractivity contribution is -0.384. The summed E-state index contributed by atoms with van der Waals surface area (Å²) in [6, 6.07) is 13.4. The van der Waals surface area contributed by atoms with Crippen molar-refractivity contribution < 1.29 is 4.92 Å². The van der Waals surface area contributed by atoms with Gasteiger partial charge in [-0.1, -0.05) is 35.9 Å². The van der Waals surface area contributed by atoms with Gasteiger partial charge in [-0.25, -0.2) is 0 Å². The Balaban J connectivity index is 2.20. The Kier molecular flexibility index (Phi) is 4.70. The van der Waals surface area contributed by atoms with Crippen LogP contribution in [0.3, 0.4) is 0 Å². The number of hydrogen-bond donors (Lipinski definition) is 1. The standard InChI is InChI=1S/C17H20N2O2/c1-12-4-9-16(13(2)10-12)17(18-3)11-14-5-7-15(8-6-14)19(20)21/h4-10,17-18H,11H2,1-3H3. The number of non-ortho nitro benzene ring substituents is 1. The van der Waals surface area contributed by atoms with Gasteiger partial charge in [-0.3, -0.25) is 10.1 Å². The van der Waals surface area contributed by atoms with Crippen LogP contribution in [0, 0.1) is 24.0 Å². The van der Waals surface area contributed by atoms with E-state index in [2.05, 4.69) is 37.4 Å². The Morgan fingerprint density at radius 3 is 2.33 bits per heavy atom. The van der Waals surface area contributed by atoms with Crippen molar-refractivity contribution in [1.82, 2.24) is 5.32 Å². The number of benzene rings is 2. The maximum atomic E-state index is 10.7. The average Bonchev–Trinajstić information content (AvgIpc) is 2.46. The minimum absolute atomic E-state index is 0.131. The maximum Gasteiger partial charge on any atom is 0.269 e. The molecule has 0 aliphatic carbocycles. The van der Waals surface area contributed by atoms with Gasteiger partial charge in [0.25, 0.3) is 5.69 Å². The van der Waals surface area contributed by atoms with Crippen molar-refractivity contribution in [3.05, 3.63) is 74.8 Å². The van der Waals surface area contributed by atoms with E-state index in [0.717, 1.165) is 12.0 Å². The molecular weight excluding hydrogens is 264 g/mol. The highest BCUT2D eigenvalue weighted by Gasteiger charge is 2.13. The molecular formula is C17H20N2O2. The fraction of sp³-hybridized carbons (Fsp3) is 0.294. The SMILES string of the molecule is CNC(Cc1ccc([N+](=O)[O-])cc1)c1ccc(C)cc1C. The van der Waals surface area contributed by atoms with Crippen LogP contribution in [0.25, 0.3) is 0 Å². The first-order valence-electron chi connectivity index (χ1n) is 6.99. The van der Waals surface area contributed by atoms with Gasteiger partial charge in [-0.15, -0.1) is 0 Å². The molecule has 4 heteroatoms. The summed E-state index contributed by atoms with van der Waals surface area (Å²) in [5, 5.41) is 14.0. The number of likely N-dealkylation sites (N-methyl/N-ethyl adjacent to an activating group) is 1. The predicted molar refractivity (Wildman–Crippen MR) is 84.5 cm³/mol. The van der Waals surface area contributed by atoms with Crippen molar-refractivity contribution in [2.24, 2.45) is 0 Å². The summed E-state index contributed by atoms with van der Waals surface area (Å²) >= 11 is 0. The van der Waals surface area contributed by atoms with E-state index in [1.807, 2.05) is 19.2 Å². The summed E-state index contributed by atoms with van der Waals surface area (Å²) < 4.78 is 0. The van der Waals surface area contributed by atoms with Gasteiger partial charge in [-0.05, 0) is 44.0 Å². The minimum Gasteiger partial charge on any atom is -0.313 e. The molecule has 0 bridgehead atoms. The van der Waals surface area contributed by atoms with E-state index in [-0.39, 0.29) is 16.7 Å². The topological polar surface area (TPSA) is 55.2 Å². The summed E-state index contributed by atoms with van der Waals surface area (Å²) in [5.74, 6) is 0. The normalized spacial score (nSPS) is 12.1. The number of nitro benzene ring substituents is 1. The van der Waals surface area contributed by atoms with Gasteiger partial charge in [0.15, 0.2) is 0 Å². The molecule has 0 aliphatic heterocycles. The van der Waals surface area contributed by atoms with E-state index in [1.54, 1.807) is 12.1 Å². The zero-order valence-corrected chi connectivity index (χ0v) is 12.6. The third-order valence-corrected chi connectivity index (χ3v) is 3.74. The lowest BCUT2D eigenvalue weighted by Gasteiger charge is -2.19. The summed E-state index contributed by atoms with van der Waals surface area (Å²) in [5.41, 5.74) is 4.99. The number of nitrogens with zero attached hydrogens (tertiary/aromatic N) is 1. The summed E-state index contributed by atoms with van der Waals surface area (Å²) in [6.07, 6.45) is 0.804. The first-order chi connectivity index (χ1) is 10.0. The van der Waals surface area contributed by atoms with Crippen LogP contribution in [0.1, 0.15) is 28.3 Å². The number of hydrogen-bond acceptors (Lipinski definition) is 3. The summed E-state index contributed by atoms with van der Waals surface area (Å²) in [7, 11) is 1.94. The number of rotatable bonds is 5. The molecule has 2 rings (SSSR count). The second-order valence-electron chi connectivity index (χ2n) is 5.33. The van der Waals surface area contributed by atoms with Gasteiger partial charge < -0.3 is 5.32 Å². The molecule has 21 heavy (non-hydrogen) atoms. The monoisotopic (exact) mass is 284 g/mol. The Hall–Kier alpha value is -2.20. The van der Waals surface area contributed by atoms with Gasteiger partial charge in [0.2, 0.25) is 0 Å². The molecule has 0 aliphatic rings. The zero-order valence-electron chi connectivity index (χ0n) is 12.6. The fourth-order valence-corrected chi connectivity index (χ4v) is 2.57. The first kappa shape index (κ1) is 15.2. The Morgan fingerprint density at radius 1 is 1.14 bits per heavy atom. The summed E-state index contributed by atoms with van der Waals surface area (Å²) in [6.45, 7) is 4.20. The van der Waals surface area contributed by atoms with E-state index in [9.17, 15) is 10.1 Å². The van der Waals surface area contributed by atoms with Gasteiger partial charge in [0, 0.05) is 18.2 Å². The quantitative estimate of drug-likeness (QED) is 0.672. The van der Waals surface area contributed by atoms with Gasteiger partial charge in [0.05, 0.1) is 4.92 Å². The van der Waals surface area contributed by atoms with Crippen molar-refractivity contribution in [2.75, 3.05) is 7.05 Å². The van der Waals surface area contributed by atoms with Crippen molar-refractivity contribution in [3.63, 3.8) is 0 Å². The van der Waals surface area contributed by atoms with Crippen LogP contribution in [-0.2, 0) is 6.42 Å². The second kappa shape index (κ2) is 6.50. The smallest absolute Gasteiger partial charge is 0.269 e. The molecule has 0 spiro atoms. The van der Waals surface area contributed by atoms with Crippen LogP contribution >= 0.6 is 0 Å². The van der Waals surface area contributed by atoms with Crippen LogP contribution < -0.4 is 5.32 Å². The average molecular weight is 284 g/mol. The van der Waals surface area contributed by atoms with Crippen LogP contribution in [0.4, 0.5) is 5.69 Å². The van der Waals surface area contributed by atoms with Crippen molar-refractivity contribution in [2.45, 2.75) is 26.3 Å². The predicted octanol–water partition coefficient (Wildman–Crippen LogP) is 3.71. The molecule has 0 radical (unpaired) electrons. The van der Waals surface area contributed by atoms with Crippen LogP contribution in [-0.4, -0.2) is 12.0 Å². The van der Waals surface area contributed by atoms with E-state index >= 15 is 0 Å². The number of aryl methyl sites for hydroxylation is 2. The third kappa shape index (κ3) is 3.67. The molecule has 0 heterocycles. The Morgan fingerprint density at radius 2 is 1.81 bits per heavy atom. The molecule has 0 saturated heterocycles. The minimum atomic E-state index is -0.372. The number of nitro groups is 1. The van der Waals surface area contributed by atoms with E-state index in [4.69, 9.17) is 0 Å². The van der Waals surface area contributed by atoms with Crippen LogP contribution in [0.5, 0.6) is 0 Å². The van der Waals surface area contributed by atoms with Crippen LogP contribution in [0.2, 0.25) is 0 Å². The van der Waals surface area contributed by atoms with E-state index < -0.39 is 0 Å². The molecule has 1 N–H and O–H groups in total. The molecule has 0 amide bonds.